The Morgan fingerprint density at radius 1 is 1.41 bits per heavy atom. The quantitative estimate of drug-likeness (QED) is 0.791. The number of rotatable bonds is 3. The van der Waals surface area contributed by atoms with Crippen molar-refractivity contribution in [3.63, 3.8) is 0 Å². The molecule has 2 rings (SSSR count). The number of alkyl halides is 1. The summed E-state index contributed by atoms with van der Waals surface area (Å²) in [7, 11) is 4.35. The predicted octanol–water partition coefficient (Wildman–Crippen LogP) is 3.03. The smallest absolute Gasteiger partial charge is 0.0396 e. The van der Waals surface area contributed by atoms with Gasteiger partial charge in [-0.2, -0.15) is 0 Å². The van der Waals surface area contributed by atoms with Gasteiger partial charge in [-0.1, -0.05) is 28.1 Å². The Bertz CT molecular complexity index is 390. The van der Waals surface area contributed by atoms with E-state index in [9.17, 15) is 0 Å². The molecule has 0 aromatic heterocycles. The first-order chi connectivity index (χ1) is 8.11. The summed E-state index contributed by atoms with van der Waals surface area (Å²) < 4.78 is 0. The maximum Gasteiger partial charge on any atom is 0.0396 e. The van der Waals surface area contributed by atoms with E-state index in [1.54, 1.807) is 0 Å². The normalized spacial score (nSPS) is 20.3. The lowest BCUT2D eigenvalue weighted by atomic mass is 10.1. The zero-order chi connectivity index (χ0) is 12.4. The lowest BCUT2D eigenvalue weighted by Gasteiger charge is -2.23. The van der Waals surface area contributed by atoms with Gasteiger partial charge in [-0.05, 0) is 44.6 Å². The first-order valence-electron chi connectivity index (χ1n) is 6.18. The summed E-state index contributed by atoms with van der Waals surface area (Å²) in [5, 5.41) is 0.939. The van der Waals surface area contributed by atoms with Crippen LogP contribution < -0.4 is 4.90 Å². The van der Waals surface area contributed by atoms with E-state index in [2.05, 4.69) is 64.9 Å². The minimum atomic E-state index is 0.699. The molecule has 0 bridgehead atoms. The van der Waals surface area contributed by atoms with Gasteiger partial charge in [0.1, 0.15) is 0 Å². The van der Waals surface area contributed by atoms with Crippen molar-refractivity contribution in [2.24, 2.45) is 0 Å². The van der Waals surface area contributed by atoms with Gasteiger partial charge in [0.05, 0.1) is 0 Å². The summed E-state index contributed by atoms with van der Waals surface area (Å²) in [4.78, 5) is 4.85. The van der Waals surface area contributed by atoms with E-state index in [1.165, 1.54) is 29.8 Å². The SMILES string of the molecule is Cc1cc(CBr)ccc1N1CCC(N(C)C)C1. The number of halogens is 1. The molecule has 3 heteroatoms. The molecule has 1 atom stereocenters. The van der Waals surface area contributed by atoms with Crippen LogP contribution in [0.15, 0.2) is 18.2 Å². The fourth-order valence-electron chi connectivity index (χ4n) is 2.54. The molecule has 2 nitrogen and oxygen atoms in total. The molecular formula is C14H21BrN2. The van der Waals surface area contributed by atoms with E-state index >= 15 is 0 Å². The van der Waals surface area contributed by atoms with Crippen molar-refractivity contribution in [3.05, 3.63) is 29.3 Å². The van der Waals surface area contributed by atoms with Gasteiger partial charge in [0.2, 0.25) is 0 Å². The van der Waals surface area contributed by atoms with Crippen LogP contribution in [0.3, 0.4) is 0 Å². The maximum atomic E-state index is 3.51. The summed E-state index contributed by atoms with van der Waals surface area (Å²) in [6.45, 7) is 4.54. The summed E-state index contributed by atoms with van der Waals surface area (Å²) in [5.41, 5.74) is 4.15. The molecule has 1 aliphatic heterocycles. The number of benzene rings is 1. The van der Waals surface area contributed by atoms with Gasteiger partial charge in [0.15, 0.2) is 0 Å². The van der Waals surface area contributed by atoms with E-state index < -0.39 is 0 Å². The lowest BCUT2D eigenvalue weighted by molar-refractivity contribution is 0.315. The number of hydrogen-bond donors (Lipinski definition) is 0. The summed E-state index contributed by atoms with van der Waals surface area (Å²) >= 11 is 3.51. The van der Waals surface area contributed by atoms with Crippen LogP contribution in [0.25, 0.3) is 0 Å². The van der Waals surface area contributed by atoms with E-state index in [1.807, 2.05) is 0 Å². The Labute approximate surface area is 113 Å². The van der Waals surface area contributed by atoms with Crippen LogP contribution in [0.2, 0.25) is 0 Å². The Balaban J connectivity index is 2.13. The number of anilines is 1. The van der Waals surface area contributed by atoms with E-state index in [0.717, 1.165) is 11.9 Å². The van der Waals surface area contributed by atoms with Crippen molar-refractivity contribution < 1.29 is 0 Å². The Hall–Kier alpha value is -0.540. The largest absolute Gasteiger partial charge is 0.370 e. The maximum absolute atomic E-state index is 3.51. The van der Waals surface area contributed by atoms with Gasteiger partial charge in [0.25, 0.3) is 0 Å². The molecule has 1 unspecified atom stereocenters. The molecule has 0 radical (unpaired) electrons. The van der Waals surface area contributed by atoms with Gasteiger partial charge >= 0.3 is 0 Å². The fourth-order valence-corrected chi connectivity index (χ4v) is 2.89. The molecule has 1 aromatic carbocycles. The molecule has 0 amide bonds. The highest BCUT2D eigenvalue weighted by Crippen LogP contribution is 2.26. The third-order valence-electron chi connectivity index (χ3n) is 3.65. The molecule has 0 N–H and O–H groups in total. The molecule has 1 saturated heterocycles. The summed E-state index contributed by atoms with van der Waals surface area (Å²) in [6.07, 6.45) is 1.27. The first kappa shape index (κ1) is 12.9. The molecule has 1 aromatic rings. The van der Waals surface area contributed by atoms with Crippen molar-refractivity contribution in [2.75, 3.05) is 32.1 Å². The van der Waals surface area contributed by atoms with E-state index in [4.69, 9.17) is 0 Å². The van der Waals surface area contributed by atoms with Crippen molar-refractivity contribution in [3.8, 4) is 0 Å². The highest BCUT2D eigenvalue weighted by atomic mass is 79.9. The molecule has 1 fully saturated rings. The van der Waals surface area contributed by atoms with Gasteiger partial charge in [-0.25, -0.2) is 0 Å². The molecule has 1 heterocycles. The average Bonchev–Trinajstić information content (AvgIpc) is 2.78. The second-order valence-electron chi connectivity index (χ2n) is 5.11. The molecule has 0 spiro atoms. The van der Waals surface area contributed by atoms with Crippen LogP contribution in [0.1, 0.15) is 17.5 Å². The van der Waals surface area contributed by atoms with Crippen LogP contribution in [-0.2, 0) is 5.33 Å². The van der Waals surface area contributed by atoms with Gasteiger partial charge in [-0.3, -0.25) is 0 Å². The lowest BCUT2D eigenvalue weighted by Crippen LogP contribution is -2.31. The van der Waals surface area contributed by atoms with Crippen LogP contribution in [0.4, 0.5) is 5.69 Å². The standard InChI is InChI=1S/C14H21BrN2/c1-11-8-12(9-15)4-5-14(11)17-7-6-13(10-17)16(2)3/h4-5,8,13H,6-7,9-10H2,1-3H3. The molecule has 0 aliphatic carbocycles. The predicted molar refractivity (Wildman–Crippen MR) is 78.1 cm³/mol. The van der Waals surface area contributed by atoms with Gasteiger partial charge in [0, 0.05) is 30.1 Å². The summed E-state index contributed by atoms with van der Waals surface area (Å²) in [5.74, 6) is 0. The topological polar surface area (TPSA) is 6.48 Å². The van der Waals surface area contributed by atoms with Crippen LogP contribution in [0, 0.1) is 6.92 Å². The molecule has 94 valence electrons. The van der Waals surface area contributed by atoms with E-state index in [0.29, 0.717) is 6.04 Å². The third-order valence-corrected chi connectivity index (χ3v) is 4.30. The Morgan fingerprint density at radius 2 is 2.18 bits per heavy atom. The van der Waals surface area contributed by atoms with Crippen molar-refractivity contribution >= 4 is 21.6 Å². The minimum Gasteiger partial charge on any atom is -0.370 e. The monoisotopic (exact) mass is 296 g/mol. The highest BCUT2D eigenvalue weighted by Gasteiger charge is 2.24. The van der Waals surface area contributed by atoms with Crippen molar-refractivity contribution in [2.45, 2.75) is 24.7 Å². The van der Waals surface area contributed by atoms with E-state index in [-0.39, 0.29) is 0 Å². The van der Waals surface area contributed by atoms with Crippen molar-refractivity contribution in [1.29, 1.82) is 0 Å². The second kappa shape index (κ2) is 5.40. The minimum absolute atomic E-state index is 0.699. The van der Waals surface area contributed by atoms with Crippen molar-refractivity contribution in [1.82, 2.24) is 4.90 Å². The zero-order valence-electron chi connectivity index (χ0n) is 10.9. The average molecular weight is 297 g/mol. The zero-order valence-corrected chi connectivity index (χ0v) is 12.5. The first-order valence-corrected chi connectivity index (χ1v) is 7.31. The number of hydrogen-bond acceptors (Lipinski definition) is 2. The Morgan fingerprint density at radius 3 is 2.71 bits per heavy atom. The van der Waals surface area contributed by atoms with Crippen LogP contribution in [-0.4, -0.2) is 38.1 Å². The highest BCUT2D eigenvalue weighted by molar-refractivity contribution is 9.08. The number of nitrogens with zero attached hydrogens (tertiary/aromatic N) is 2. The molecular weight excluding hydrogens is 276 g/mol. The third kappa shape index (κ3) is 2.83. The summed E-state index contributed by atoms with van der Waals surface area (Å²) in [6, 6.07) is 7.47. The molecule has 0 saturated carbocycles. The number of likely N-dealkylation sites (N-methyl/N-ethyl adjacent to an activating group) is 1. The molecule has 17 heavy (non-hydrogen) atoms. The second-order valence-corrected chi connectivity index (χ2v) is 5.67. The fraction of sp³-hybridized carbons (Fsp3) is 0.571. The van der Waals surface area contributed by atoms with Crippen LogP contribution >= 0.6 is 15.9 Å². The molecule has 1 aliphatic rings. The Kier molecular flexibility index (Phi) is 4.10. The van der Waals surface area contributed by atoms with Gasteiger partial charge < -0.3 is 9.80 Å². The van der Waals surface area contributed by atoms with Crippen LogP contribution in [0.5, 0.6) is 0 Å². The number of aryl methyl sites for hydroxylation is 1. The van der Waals surface area contributed by atoms with Gasteiger partial charge in [-0.15, -0.1) is 0 Å².